The number of nitrogens with zero attached hydrogens (tertiary/aromatic N) is 1. The number of ether oxygens (including phenoxy) is 2. The predicted molar refractivity (Wildman–Crippen MR) is 89.6 cm³/mol. The molecule has 6 heteroatoms. The fourth-order valence-corrected chi connectivity index (χ4v) is 2.22. The molecule has 126 valence electrons. The van der Waals surface area contributed by atoms with Gasteiger partial charge in [0.25, 0.3) is 0 Å². The SMILES string of the molecule is CCOC(=O)c1cnccc1NC[C@@H](OC(C)=O)c1ccccc1. The Balaban J connectivity index is 2.15. The van der Waals surface area contributed by atoms with Crippen molar-refractivity contribution in [3.8, 4) is 0 Å². The Hall–Kier alpha value is -2.89. The maximum atomic E-state index is 12.0. The number of aromatic nitrogens is 1. The molecule has 0 saturated carbocycles. The molecule has 0 aliphatic heterocycles. The van der Waals surface area contributed by atoms with Gasteiger partial charge < -0.3 is 14.8 Å². The van der Waals surface area contributed by atoms with Gasteiger partial charge in [0.05, 0.1) is 18.8 Å². The van der Waals surface area contributed by atoms with Gasteiger partial charge in [0.15, 0.2) is 0 Å². The Morgan fingerprint density at radius 3 is 2.62 bits per heavy atom. The van der Waals surface area contributed by atoms with Crippen LogP contribution in [0.25, 0.3) is 0 Å². The van der Waals surface area contributed by atoms with E-state index in [0.717, 1.165) is 5.56 Å². The molecule has 0 aliphatic carbocycles. The lowest BCUT2D eigenvalue weighted by Gasteiger charge is -2.19. The maximum absolute atomic E-state index is 12.0. The van der Waals surface area contributed by atoms with E-state index in [2.05, 4.69) is 10.3 Å². The summed E-state index contributed by atoms with van der Waals surface area (Å²) in [5.74, 6) is -0.817. The Morgan fingerprint density at radius 1 is 1.21 bits per heavy atom. The van der Waals surface area contributed by atoms with Gasteiger partial charge in [-0.15, -0.1) is 0 Å². The van der Waals surface area contributed by atoms with Crippen molar-refractivity contribution in [1.82, 2.24) is 4.98 Å². The Morgan fingerprint density at radius 2 is 1.96 bits per heavy atom. The van der Waals surface area contributed by atoms with Crippen LogP contribution in [-0.4, -0.2) is 30.1 Å². The van der Waals surface area contributed by atoms with Crippen LogP contribution < -0.4 is 5.32 Å². The van der Waals surface area contributed by atoms with Gasteiger partial charge in [-0.05, 0) is 18.6 Å². The van der Waals surface area contributed by atoms with Gasteiger partial charge in [0, 0.05) is 19.3 Å². The summed E-state index contributed by atoms with van der Waals surface area (Å²) >= 11 is 0. The second-order valence-electron chi connectivity index (χ2n) is 5.03. The van der Waals surface area contributed by atoms with Gasteiger partial charge in [0.2, 0.25) is 0 Å². The molecule has 0 spiro atoms. The van der Waals surface area contributed by atoms with Gasteiger partial charge in [-0.2, -0.15) is 0 Å². The number of pyridine rings is 1. The number of esters is 2. The first-order chi connectivity index (χ1) is 11.6. The minimum atomic E-state index is -0.466. The number of anilines is 1. The van der Waals surface area contributed by atoms with Crippen molar-refractivity contribution >= 4 is 17.6 Å². The summed E-state index contributed by atoms with van der Waals surface area (Å²) < 4.78 is 10.4. The van der Waals surface area contributed by atoms with Gasteiger partial charge in [0.1, 0.15) is 11.7 Å². The molecular weight excluding hydrogens is 308 g/mol. The van der Waals surface area contributed by atoms with Crippen molar-refractivity contribution in [2.45, 2.75) is 20.0 Å². The van der Waals surface area contributed by atoms with E-state index in [1.54, 1.807) is 19.2 Å². The monoisotopic (exact) mass is 328 g/mol. The Kier molecular flexibility index (Phi) is 6.31. The fraction of sp³-hybridized carbons (Fsp3) is 0.278. The zero-order chi connectivity index (χ0) is 17.4. The van der Waals surface area contributed by atoms with Crippen molar-refractivity contribution in [3.63, 3.8) is 0 Å². The van der Waals surface area contributed by atoms with E-state index in [0.29, 0.717) is 17.8 Å². The highest BCUT2D eigenvalue weighted by Gasteiger charge is 2.17. The molecule has 0 amide bonds. The normalized spacial score (nSPS) is 11.4. The van der Waals surface area contributed by atoms with E-state index in [9.17, 15) is 9.59 Å². The smallest absolute Gasteiger partial charge is 0.341 e. The van der Waals surface area contributed by atoms with E-state index >= 15 is 0 Å². The summed E-state index contributed by atoms with van der Waals surface area (Å²) in [5.41, 5.74) is 1.79. The molecule has 2 rings (SSSR count). The van der Waals surface area contributed by atoms with Crippen LogP contribution >= 0.6 is 0 Å². The predicted octanol–water partition coefficient (Wildman–Crippen LogP) is 2.97. The van der Waals surface area contributed by atoms with Crippen LogP contribution in [0.2, 0.25) is 0 Å². The highest BCUT2D eigenvalue weighted by Crippen LogP contribution is 2.21. The van der Waals surface area contributed by atoms with Crippen LogP contribution in [0.3, 0.4) is 0 Å². The molecule has 24 heavy (non-hydrogen) atoms. The third-order valence-corrected chi connectivity index (χ3v) is 3.27. The highest BCUT2D eigenvalue weighted by atomic mass is 16.5. The van der Waals surface area contributed by atoms with Crippen molar-refractivity contribution in [3.05, 3.63) is 59.9 Å². The minimum absolute atomic E-state index is 0.285. The summed E-state index contributed by atoms with van der Waals surface area (Å²) in [6.07, 6.45) is 2.56. The fourth-order valence-electron chi connectivity index (χ4n) is 2.22. The maximum Gasteiger partial charge on any atom is 0.341 e. The van der Waals surface area contributed by atoms with Crippen LogP contribution in [0.5, 0.6) is 0 Å². The Labute approximate surface area is 140 Å². The summed E-state index contributed by atoms with van der Waals surface area (Å²) in [5, 5.41) is 3.14. The zero-order valence-corrected chi connectivity index (χ0v) is 13.7. The summed E-state index contributed by atoms with van der Waals surface area (Å²) in [7, 11) is 0. The Bertz CT molecular complexity index is 688. The summed E-state index contributed by atoms with van der Waals surface area (Å²) in [6.45, 7) is 3.72. The van der Waals surface area contributed by atoms with Gasteiger partial charge in [-0.3, -0.25) is 9.78 Å². The molecule has 1 atom stereocenters. The average Bonchev–Trinajstić information content (AvgIpc) is 2.59. The minimum Gasteiger partial charge on any atom is -0.462 e. The average molecular weight is 328 g/mol. The largest absolute Gasteiger partial charge is 0.462 e. The van der Waals surface area contributed by atoms with Gasteiger partial charge in [-0.25, -0.2) is 4.79 Å². The number of benzene rings is 1. The van der Waals surface area contributed by atoms with E-state index in [4.69, 9.17) is 9.47 Å². The molecule has 1 N–H and O–H groups in total. The van der Waals surface area contributed by atoms with Crippen LogP contribution in [0.15, 0.2) is 48.8 Å². The summed E-state index contributed by atoms with van der Waals surface area (Å²) in [6, 6.07) is 11.1. The van der Waals surface area contributed by atoms with Crippen LogP contribution in [0.4, 0.5) is 5.69 Å². The third kappa shape index (κ3) is 4.81. The first-order valence-electron chi connectivity index (χ1n) is 7.69. The lowest BCUT2D eigenvalue weighted by atomic mass is 10.1. The van der Waals surface area contributed by atoms with E-state index in [-0.39, 0.29) is 12.6 Å². The van der Waals surface area contributed by atoms with Crippen molar-refractivity contribution < 1.29 is 19.1 Å². The van der Waals surface area contributed by atoms with E-state index < -0.39 is 12.1 Å². The van der Waals surface area contributed by atoms with E-state index in [1.165, 1.54) is 13.1 Å². The molecular formula is C18H20N2O4. The second-order valence-corrected chi connectivity index (χ2v) is 5.03. The van der Waals surface area contributed by atoms with E-state index in [1.807, 2.05) is 30.3 Å². The molecule has 2 aromatic rings. The van der Waals surface area contributed by atoms with Crippen molar-refractivity contribution in [1.29, 1.82) is 0 Å². The first kappa shape index (κ1) is 17.5. The van der Waals surface area contributed by atoms with Gasteiger partial charge >= 0.3 is 11.9 Å². The lowest BCUT2D eigenvalue weighted by Crippen LogP contribution is -2.19. The molecule has 0 fully saturated rings. The highest BCUT2D eigenvalue weighted by molar-refractivity contribution is 5.95. The zero-order valence-electron chi connectivity index (χ0n) is 13.7. The molecule has 0 bridgehead atoms. The molecule has 0 saturated heterocycles. The topological polar surface area (TPSA) is 77.5 Å². The first-order valence-corrected chi connectivity index (χ1v) is 7.69. The van der Waals surface area contributed by atoms with Crippen LogP contribution in [0.1, 0.15) is 35.9 Å². The van der Waals surface area contributed by atoms with Crippen molar-refractivity contribution in [2.24, 2.45) is 0 Å². The quantitative estimate of drug-likeness (QED) is 0.787. The molecule has 1 aromatic heterocycles. The third-order valence-electron chi connectivity index (χ3n) is 3.27. The number of nitrogens with one attached hydrogen (secondary N) is 1. The second kappa shape index (κ2) is 8.67. The number of carbonyl (C=O) groups is 2. The number of hydrogen-bond donors (Lipinski definition) is 1. The summed E-state index contributed by atoms with van der Waals surface area (Å²) in [4.78, 5) is 27.3. The number of hydrogen-bond acceptors (Lipinski definition) is 6. The van der Waals surface area contributed by atoms with Crippen LogP contribution in [0, 0.1) is 0 Å². The molecule has 0 unspecified atom stereocenters. The molecule has 6 nitrogen and oxygen atoms in total. The number of rotatable bonds is 7. The lowest BCUT2D eigenvalue weighted by molar-refractivity contribution is -0.146. The standard InChI is InChI=1S/C18H20N2O4/c1-3-23-18(22)15-11-19-10-9-16(15)20-12-17(24-13(2)21)14-7-5-4-6-8-14/h4-11,17H,3,12H2,1-2H3,(H,19,20)/t17-/m1/s1. The number of carbonyl (C=O) groups excluding carboxylic acids is 2. The molecule has 1 aromatic carbocycles. The molecule has 0 aliphatic rings. The van der Waals surface area contributed by atoms with Crippen LogP contribution in [-0.2, 0) is 14.3 Å². The molecule has 0 radical (unpaired) electrons. The van der Waals surface area contributed by atoms with Crippen molar-refractivity contribution in [2.75, 3.05) is 18.5 Å². The van der Waals surface area contributed by atoms with Gasteiger partial charge in [-0.1, -0.05) is 30.3 Å². The molecule has 1 heterocycles.